The second-order valence-corrected chi connectivity index (χ2v) is 5.90. The lowest BCUT2D eigenvalue weighted by atomic mass is 9.70. The van der Waals surface area contributed by atoms with E-state index in [1.54, 1.807) is 0 Å². The van der Waals surface area contributed by atoms with Crippen molar-refractivity contribution < 1.29 is 19.0 Å². The summed E-state index contributed by atoms with van der Waals surface area (Å²) in [6.07, 6.45) is 7.18. The maximum atomic E-state index is 10.8. The molecule has 3 fully saturated rings. The number of carbonyl (C=O) groups excluding carboxylic acids is 1. The molecule has 2 aliphatic carbocycles. The number of rotatable bonds is 2. The van der Waals surface area contributed by atoms with Gasteiger partial charge in [0.1, 0.15) is 0 Å². The highest BCUT2D eigenvalue weighted by Gasteiger charge is 2.51. The van der Waals surface area contributed by atoms with E-state index < -0.39 is 0 Å². The smallest absolute Gasteiger partial charge is 0.302 e. The minimum atomic E-state index is -0.272. The van der Waals surface area contributed by atoms with Gasteiger partial charge < -0.3 is 14.2 Å². The van der Waals surface area contributed by atoms with E-state index in [-0.39, 0.29) is 11.8 Å². The topological polar surface area (TPSA) is 44.8 Å². The van der Waals surface area contributed by atoms with E-state index in [2.05, 4.69) is 0 Å². The molecule has 0 unspecified atom stereocenters. The first-order valence-corrected chi connectivity index (χ1v) is 7.14. The summed E-state index contributed by atoms with van der Waals surface area (Å²) in [6, 6.07) is 0. The summed E-state index contributed by atoms with van der Waals surface area (Å²) in [4.78, 5) is 10.8. The van der Waals surface area contributed by atoms with Crippen molar-refractivity contribution in [1.82, 2.24) is 0 Å². The quantitative estimate of drug-likeness (QED) is 0.709. The maximum absolute atomic E-state index is 10.8. The lowest BCUT2D eigenvalue weighted by molar-refractivity contribution is -0.353. The van der Waals surface area contributed by atoms with Gasteiger partial charge in [-0.05, 0) is 19.3 Å². The largest absolute Gasteiger partial charge is 0.466 e. The van der Waals surface area contributed by atoms with Gasteiger partial charge in [0.15, 0.2) is 5.79 Å². The fourth-order valence-corrected chi connectivity index (χ4v) is 3.46. The van der Waals surface area contributed by atoms with E-state index >= 15 is 0 Å². The lowest BCUT2D eigenvalue weighted by Crippen LogP contribution is -2.58. The molecule has 4 heteroatoms. The van der Waals surface area contributed by atoms with Crippen LogP contribution in [0, 0.1) is 11.8 Å². The van der Waals surface area contributed by atoms with Gasteiger partial charge in [0, 0.05) is 31.6 Å². The highest BCUT2D eigenvalue weighted by molar-refractivity contribution is 5.65. The number of hydrogen-bond acceptors (Lipinski definition) is 4. The van der Waals surface area contributed by atoms with Crippen LogP contribution in [0.4, 0.5) is 0 Å². The van der Waals surface area contributed by atoms with Gasteiger partial charge in [0.05, 0.1) is 19.3 Å². The Hall–Kier alpha value is -0.610. The average molecular weight is 254 g/mol. The summed E-state index contributed by atoms with van der Waals surface area (Å²) >= 11 is 0. The molecule has 3 atom stereocenters. The molecular weight excluding hydrogens is 232 g/mol. The van der Waals surface area contributed by atoms with Crippen molar-refractivity contribution in [2.24, 2.45) is 11.8 Å². The summed E-state index contributed by atoms with van der Waals surface area (Å²) in [6.45, 7) is 2.76. The molecule has 1 aliphatic heterocycles. The normalized spacial score (nSPS) is 37.7. The molecule has 0 aromatic heterocycles. The minimum absolute atomic E-state index is 0.195. The molecule has 102 valence electrons. The predicted octanol–water partition coefficient (Wildman–Crippen LogP) is 2.26. The Bertz CT molecular complexity index is 322. The van der Waals surface area contributed by atoms with Crippen LogP contribution in [0.3, 0.4) is 0 Å². The van der Waals surface area contributed by atoms with Crippen LogP contribution in [-0.4, -0.2) is 31.1 Å². The zero-order valence-electron chi connectivity index (χ0n) is 11.0. The van der Waals surface area contributed by atoms with E-state index in [9.17, 15) is 4.79 Å². The van der Waals surface area contributed by atoms with E-state index in [1.165, 1.54) is 26.2 Å². The molecular formula is C14H22O4. The van der Waals surface area contributed by atoms with Crippen molar-refractivity contribution in [1.29, 1.82) is 0 Å². The second-order valence-electron chi connectivity index (χ2n) is 5.90. The number of hydrogen-bond donors (Lipinski definition) is 0. The molecule has 0 bridgehead atoms. The van der Waals surface area contributed by atoms with Crippen LogP contribution in [0.15, 0.2) is 0 Å². The van der Waals surface area contributed by atoms with E-state index in [0.717, 1.165) is 25.9 Å². The number of ether oxygens (including phenoxy) is 3. The first-order valence-electron chi connectivity index (χ1n) is 7.14. The van der Waals surface area contributed by atoms with Crippen molar-refractivity contribution in [3.8, 4) is 0 Å². The predicted molar refractivity (Wildman–Crippen MR) is 64.9 cm³/mol. The lowest BCUT2D eigenvalue weighted by Gasteiger charge is -2.54. The summed E-state index contributed by atoms with van der Waals surface area (Å²) in [7, 11) is 0. The zero-order chi connectivity index (χ0) is 12.6. The molecule has 3 aliphatic rings. The molecule has 1 heterocycles. The molecule has 4 nitrogen and oxygen atoms in total. The minimum Gasteiger partial charge on any atom is -0.466 e. The fraction of sp³-hybridized carbons (Fsp3) is 0.929. The fourth-order valence-electron chi connectivity index (χ4n) is 3.46. The Kier molecular flexibility index (Phi) is 3.32. The van der Waals surface area contributed by atoms with Gasteiger partial charge >= 0.3 is 5.97 Å². The molecule has 0 amide bonds. The molecule has 0 aromatic rings. The van der Waals surface area contributed by atoms with Crippen molar-refractivity contribution in [2.45, 2.75) is 57.3 Å². The third kappa shape index (κ3) is 2.28. The van der Waals surface area contributed by atoms with E-state index in [4.69, 9.17) is 14.2 Å². The SMILES string of the molecule is CC(=O)OC[C@H]1C[C@@H]2OC3(CCCCC3)OC[C@H]12. The van der Waals surface area contributed by atoms with Crippen LogP contribution in [-0.2, 0) is 19.0 Å². The summed E-state index contributed by atoms with van der Waals surface area (Å²) in [5.74, 6) is 0.392. The first-order chi connectivity index (χ1) is 8.69. The van der Waals surface area contributed by atoms with Gasteiger partial charge in [-0.25, -0.2) is 0 Å². The highest BCUT2D eigenvalue weighted by atomic mass is 16.7. The van der Waals surface area contributed by atoms with Gasteiger partial charge in [-0.2, -0.15) is 0 Å². The van der Waals surface area contributed by atoms with Crippen molar-refractivity contribution in [3.05, 3.63) is 0 Å². The van der Waals surface area contributed by atoms with Crippen molar-refractivity contribution >= 4 is 5.97 Å². The summed E-state index contributed by atoms with van der Waals surface area (Å²) in [5, 5.41) is 0. The molecule has 1 spiro atoms. The molecule has 0 radical (unpaired) electrons. The average Bonchev–Trinajstić information content (AvgIpc) is 2.33. The van der Waals surface area contributed by atoms with Crippen LogP contribution < -0.4 is 0 Å². The van der Waals surface area contributed by atoms with Crippen molar-refractivity contribution in [3.63, 3.8) is 0 Å². The number of fused-ring (bicyclic) bond motifs is 1. The highest BCUT2D eigenvalue weighted by Crippen LogP contribution is 2.47. The van der Waals surface area contributed by atoms with Crippen LogP contribution in [0.25, 0.3) is 0 Å². The third-order valence-corrected chi connectivity index (χ3v) is 4.64. The molecule has 1 saturated heterocycles. The number of esters is 1. The Morgan fingerprint density at radius 1 is 1.33 bits per heavy atom. The Morgan fingerprint density at radius 3 is 2.78 bits per heavy atom. The van der Waals surface area contributed by atoms with Crippen LogP contribution in [0.5, 0.6) is 0 Å². The Balaban J connectivity index is 1.51. The molecule has 18 heavy (non-hydrogen) atoms. The molecule has 2 saturated carbocycles. The summed E-state index contributed by atoms with van der Waals surface area (Å²) < 4.78 is 17.3. The summed E-state index contributed by atoms with van der Waals surface area (Å²) in [5.41, 5.74) is 0. The monoisotopic (exact) mass is 254 g/mol. The van der Waals surface area contributed by atoms with E-state index in [1.807, 2.05) is 0 Å². The van der Waals surface area contributed by atoms with Gasteiger partial charge in [0.25, 0.3) is 0 Å². The van der Waals surface area contributed by atoms with Crippen LogP contribution in [0.1, 0.15) is 45.4 Å². The molecule has 3 rings (SSSR count). The Labute approximate surface area is 108 Å². The zero-order valence-corrected chi connectivity index (χ0v) is 11.0. The van der Waals surface area contributed by atoms with Crippen LogP contribution >= 0.6 is 0 Å². The van der Waals surface area contributed by atoms with Gasteiger partial charge in [0.2, 0.25) is 0 Å². The first kappa shape index (κ1) is 12.4. The Morgan fingerprint density at radius 2 is 2.11 bits per heavy atom. The van der Waals surface area contributed by atoms with Gasteiger partial charge in [-0.15, -0.1) is 0 Å². The van der Waals surface area contributed by atoms with Gasteiger partial charge in [-0.3, -0.25) is 4.79 Å². The van der Waals surface area contributed by atoms with Gasteiger partial charge in [-0.1, -0.05) is 6.42 Å². The van der Waals surface area contributed by atoms with E-state index in [0.29, 0.717) is 24.5 Å². The standard InChI is InChI=1S/C14H22O4/c1-10(15)16-8-11-7-13-12(11)9-17-14(18-13)5-3-2-4-6-14/h11-13H,2-9H2,1H3/t11-,12-,13+/m1/s1. The third-order valence-electron chi connectivity index (χ3n) is 4.64. The number of carbonyl (C=O) groups is 1. The van der Waals surface area contributed by atoms with Crippen LogP contribution in [0.2, 0.25) is 0 Å². The molecule has 0 N–H and O–H groups in total. The molecule has 0 aromatic carbocycles. The maximum Gasteiger partial charge on any atom is 0.302 e. The second kappa shape index (κ2) is 4.82. The van der Waals surface area contributed by atoms with Crippen molar-refractivity contribution in [2.75, 3.05) is 13.2 Å².